The molecular weight excluding hydrogens is 332 g/mol. The molecule has 8 heteroatoms. The fourth-order valence-electron chi connectivity index (χ4n) is 3.38. The van der Waals surface area contributed by atoms with Crippen LogP contribution in [0.1, 0.15) is 5.56 Å². The maximum absolute atomic E-state index is 13.3. The molecule has 0 bridgehead atoms. The molecule has 2 N–H and O–H groups in total. The molecule has 0 spiro atoms. The summed E-state index contributed by atoms with van der Waals surface area (Å²) in [6.07, 6.45) is 2.31. The predicted octanol–water partition coefficient (Wildman–Crippen LogP) is 2.15. The van der Waals surface area contributed by atoms with E-state index in [1.54, 1.807) is 12.1 Å². The molecule has 0 amide bonds. The molecule has 4 rings (SSSR count). The van der Waals surface area contributed by atoms with Crippen molar-refractivity contribution < 1.29 is 8.78 Å². The molecule has 1 saturated heterocycles. The van der Waals surface area contributed by atoms with E-state index < -0.39 is 11.4 Å². The summed E-state index contributed by atoms with van der Waals surface area (Å²) in [7, 11) is 0. The lowest BCUT2D eigenvalue weighted by atomic mass is 9.82. The SMILES string of the molecule is NC1=NC2(c3ccc(F)cc3)CN(c3ncc(F)cn3)CC2CS1. The normalized spacial score (nSPS) is 26.2. The topological polar surface area (TPSA) is 67.4 Å². The number of hydrogen-bond donors (Lipinski definition) is 1. The zero-order valence-corrected chi connectivity index (χ0v) is 13.5. The molecule has 1 fully saturated rings. The van der Waals surface area contributed by atoms with Crippen molar-refractivity contribution in [3.8, 4) is 0 Å². The van der Waals surface area contributed by atoms with Crippen LogP contribution in [-0.4, -0.2) is 34.0 Å². The summed E-state index contributed by atoms with van der Waals surface area (Å²) in [6, 6.07) is 6.38. The summed E-state index contributed by atoms with van der Waals surface area (Å²) in [5.41, 5.74) is 6.35. The third-order valence-corrected chi connectivity index (χ3v) is 5.48. The first kappa shape index (κ1) is 15.3. The minimum Gasteiger partial charge on any atom is -0.379 e. The summed E-state index contributed by atoms with van der Waals surface area (Å²) in [6.45, 7) is 1.21. The van der Waals surface area contributed by atoms with E-state index in [9.17, 15) is 8.78 Å². The lowest BCUT2D eigenvalue weighted by Gasteiger charge is -2.34. The maximum Gasteiger partial charge on any atom is 0.225 e. The molecule has 2 atom stereocenters. The molecule has 2 aliphatic heterocycles. The first-order valence-electron chi connectivity index (χ1n) is 7.53. The van der Waals surface area contributed by atoms with Gasteiger partial charge in [0, 0.05) is 18.2 Å². The monoisotopic (exact) mass is 347 g/mol. The molecule has 5 nitrogen and oxygen atoms in total. The number of nitrogens with zero attached hydrogens (tertiary/aromatic N) is 4. The van der Waals surface area contributed by atoms with Gasteiger partial charge in [0.25, 0.3) is 0 Å². The van der Waals surface area contributed by atoms with E-state index in [1.807, 2.05) is 4.90 Å². The molecule has 1 aromatic heterocycles. The number of amidine groups is 1. The van der Waals surface area contributed by atoms with Gasteiger partial charge in [0.2, 0.25) is 5.95 Å². The van der Waals surface area contributed by atoms with E-state index in [1.165, 1.54) is 23.9 Å². The number of benzene rings is 1. The smallest absolute Gasteiger partial charge is 0.225 e. The number of aromatic nitrogens is 2. The summed E-state index contributed by atoms with van der Waals surface area (Å²) < 4.78 is 26.4. The van der Waals surface area contributed by atoms with Gasteiger partial charge in [-0.25, -0.2) is 23.7 Å². The van der Waals surface area contributed by atoms with Crippen LogP contribution in [0.4, 0.5) is 14.7 Å². The molecule has 0 aliphatic carbocycles. The highest BCUT2D eigenvalue weighted by Gasteiger charge is 2.50. The van der Waals surface area contributed by atoms with Gasteiger partial charge in [-0.1, -0.05) is 23.9 Å². The number of fused-ring (bicyclic) bond motifs is 1. The van der Waals surface area contributed by atoms with E-state index >= 15 is 0 Å². The molecule has 2 aromatic rings. The van der Waals surface area contributed by atoms with E-state index in [4.69, 9.17) is 10.7 Å². The Hall–Kier alpha value is -2.22. The number of thioether (sulfide) groups is 1. The van der Waals surface area contributed by atoms with Gasteiger partial charge in [-0.3, -0.25) is 0 Å². The zero-order chi connectivity index (χ0) is 16.7. The molecule has 2 aliphatic rings. The Bertz CT molecular complexity index is 780. The minimum absolute atomic E-state index is 0.189. The molecule has 2 unspecified atom stereocenters. The van der Waals surface area contributed by atoms with Crippen molar-refractivity contribution in [2.75, 3.05) is 23.7 Å². The summed E-state index contributed by atoms with van der Waals surface area (Å²) >= 11 is 1.52. The summed E-state index contributed by atoms with van der Waals surface area (Å²) in [5.74, 6) is 0.705. The molecule has 1 aromatic carbocycles. The van der Waals surface area contributed by atoms with Gasteiger partial charge in [-0.15, -0.1) is 0 Å². The number of halogens is 2. The van der Waals surface area contributed by atoms with Gasteiger partial charge in [0.1, 0.15) is 11.4 Å². The van der Waals surface area contributed by atoms with Crippen LogP contribution in [0, 0.1) is 17.6 Å². The van der Waals surface area contributed by atoms with Crippen LogP contribution >= 0.6 is 11.8 Å². The summed E-state index contributed by atoms with van der Waals surface area (Å²) in [4.78, 5) is 14.9. The average Bonchev–Trinajstić information content (AvgIpc) is 2.96. The van der Waals surface area contributed by atoms with Gasteiger partial charge < -0.3 is 10.6 Å². The lowest BCUT2D eigenvalue weighted by molar-refractivity contribution is 0.387. The highest BCUT2D eigenvalue weighted by molar-refractivity contribution is 8.13. The molecule has 3 heterocycles. The van der Waals surface area contributed by atoms with Crippen LogP contribution in [0.2, 0.25) is 0 Å². The Balaban J connectivity index is 1.74. The molecule has 0 radical (unpaired) electrons. The molecular formula is C16H15F2N5S. The fourth-order valence-corrected chi connectivity index (χ4v) is 4.37. The van der Waals surface area contributed by atoms with E-state index in [0.717, 1.165) is 23.7 Å². The second kappa shape index (κ2) is 5.70. The van der Waals surface area contributed by atoms with E-state index in [2.05, 4.69) is 9.97 Å². The third-order valence-electron chi connectivity index (χ3n) is 4.52. The van der Waals surface area contributed by atoms with Crippen LogP contribution in [0.25, 0.3) is 0 Å². The van der Waals surface area contributed by atoms with Crippen LogP contribution < -0.4 is 10.6 Å². The second-order valence-electron chi connectivity index (χ2n) is 5.97. The Morgan fingerprint density at radius 3 is 2.54 bits per heavy atom. The first-order chi connectivity index (χ1) is 11.6. The van der Waals surface area contributed by atoms with Crippen molar-refractivity contribution in [3.63, 3.8) is 0 Å². The number of nitrogens with two attached hydrogens (primary N) is 1. The first-order valence-corrected chi connectivity index (χ1v) is 8.52. The second-order valence-corrected chi connectivity index (χ2v) is 7.01. The molecule has 124 valence electrons. The number of rotatable bonds is 2. The number of aliphatic imine (C=N–C) groups is 1. The predicted molar refractivity (Wildman–Crippen MR) is 89.9 cm³/mol. The van der Waals surface area contributed by atoms with Crippen molar-refractivity contribution >= 4 is 22.9 Å². The Morgan fingerprint density at radius 1 is 1.12 bits per heavy atom. The van der Waals surface area contributed by atoms with E-state index in [0.29, 0.717) is 24.2 Å². The molecule has 0 saturated carbocycles. The lowest BCUT2D eigenvalue weighted by Crippen LogP contribution is -2.40. The standard InChI is InChI=1S/C16H15F2N5S/c17-12-3-1-10(2-4-12)16-9-23(15-20-5-13(18)6-21-15)7-11(16)8-24-14(19)22-16/h1-6,11H,7-9H2,(H2,19,22). The van der Waals surface area contributed by atoms with E-state index in [-0.39, 0.29) is 11.7 Å². The third kappa shape index (κ3) is 2.50. The van der Waals surface area contributed by atoms with Crippen molar-refractivity contribution in [2.24, 2.45) is 16.6 Å². The van der Waals surface area contributed by atoms with Crippen LogP contribution in [0.5, 0.6) is 0 Å². The quantitative estimate of drug-likeness (QED) is 0.902. The minimum atomic E-state index is -0.555. The largest absolute Gasteiger partial charge is 0.379 e. The van der Waals surface area contributed by atoms with Gasteiger partial charge >= 0.3 is 0 Å². The van der Waals surface area contributed by atoms with Crippen LogP contribution in [0.15, 0.2) is 41.7 Å². The number of anilines is 1. The van der Waals surface area contributed by atoms with Crippen molar-refractivity contribution in [1.29, 1.82) is 0 Å². The van der Waals surface area contributed by atoms with Crippen molar-refractivity contribution in [3.05, 3.63) is 53.9 Å². The summed E-state index contributed by atoms with van der Waals surface area (Å²) in [5, 5.41) is 0.525. The number of hydrogen-bond acceptors (Lipinski definition) is 6. The van der Waals surface area contributed by atoms with Crippen LogP contribution in [-0.2, 0) is 5.54 Å². The highest BCUT2D eigenvalue weighted by Crippen LogP contribution is 2.45. The average molecular weight is 347 g/mol. The van der Waals surface area contributed by atoms with Crippen molar-refractivity contribution in [2.45, 2.75) is 5.54 Å². The van der Waals surface area contributed by atoms with Gasteiger partial charge in [-0.2, -0.15) is 0 Å². The Kier molecular flexibility index (Phi) is 3.64. The maximum atomic E-state index is 13.3. The Labute approximate surface area is 142 Å². The fraction of sp³-hybridized carbons (Fsp3) is 0.312. The van der Waals surface area contributed by atoms with Gasteiger partial charge in [0.05, 0.1) is 18.9 Å². The van der Waals surface area contributed by atoms with Gasteiger partial charge in [-0.05, 0) is 17.7 Å². The molecule has 24 heavy (non-hydrogen) atoms. The van der Waals surface area contributed by atoms with Gasteiger partial charge in [0.15, 0.2) is 11.0 Å². The van der Waals surface area contributed by atoms with Crippen molar-refractivity contribution in [1.82, 2.24) is 9.97 Å². The van der Waals surface area contributed by atoms with Crippen LogP contribution in [0.3, 0.4) is 0 Å². The Morgan fingerprint density at radius 2 is 1.83 bits per heavy atom. The zero-order valence-electron chi connectivity index (χ0n) is 12.7. The highest BCUT2D eigenvalue weighted by atomic mass is 32.2.